The minimum Gasteiger partial charge on any atom is -0.494 e. The standard InChI is InChI=1S/C29H28N4O3/c1-3-4-17-36-23-14-12-22(13-15-23)30-28(34)25-18-24-27(33(25)19-21-10-6-5-7-11-21)31-26-20(2)9-8-16-32(26)29(24)35/h5-16,18H,3-4,17,19H2,1-2H3,(H,30,34). The molecule has 0 spiro atoms. The number of benzene rings is 2. The minimum atomic E-state index is -0.311. The van der Waals surface area contributed by atoms with Gasteiger partial charge in [0.2, 0.25) is 0 Å². The largest absolute Gasteiger partial charge is 0.494 e. The molecular formula is C29H28N4O3. The maximum absolute atomic E-state index is 13.5. The van der Waals surface area contributed by atoms with Gasteiger partial charge in [-0.3, -0.25) is 14.0 Å². The summed E-state index contributed by atoms with van der Waals surface area (Å²) in [6.07, 6.45) is 3.77. The van der Waals surface area contributed by atoms with Crippen LogP contribution in [-0.2, 0) is 6.54 Å². The van der Waals surface area contributed by atoms with Gasteiger partial charge in [0, 0.05) is 18.4 Å². The Morgan fingerprint density at radius 2 is 1.78 bits per heavy atom. The van der Waals surface area contributed by atoms with Gasteiger partial charge in [-0.2, -0.15) is 0 Å². The smallest absolute Gasteiger partial charge is 0.272 e. The second-order valence-corrected chi connectivity index (χ2v) is 8.82. The van der Waals surface area contributed by atoms with Crippen LogP contribution in [0, 0.1) is 6.92 Å². The normalized spacial score (nSPS) is 11.2. The zero-order valence-electron chi connectivity index (χ0n) is 20.4. The number of ether oxygens (including phenoxy) is 1. The van der Waals surface area contributed by atoms with Crippen molar-refractivity contribution in [2.75, 3.05) is 11.9 Å². The number of fused-ring (bicyclic) bond motifs is 2. The number of hydrogen-bond donors (Lipinski definition) is 1. The van der Waals surface area contributed by atoms with Crippen molar-refractivity contribution in [3.8, 4) is 5.75 Å². The number of hydrogen-bond acceptors (Lipinski definition) is 4. The fraction of sp³-hybridized carbons (Fsp3) is 0.207. The van der Waals surface area contributed by atoms with Gasteiger partial charge in [0.1, 0.15) is 22.7 Å². The number of carbonyl (C=O) groups excluding carboxylic acids is 1. The molecule has 0 fully saturated rings. The van der Waals surface area contributed by atoms with Gasteiger partial charge in [0.15, 0.2) is 0 Å². The van der Waals surface area contributed by atoms with Gasteiger partial charge in [0.25, 0.3) is 11.5 Å². The van der Waals surface area contributed by atoms with Crippen LogP contribution in [0.2, 0.25) is 0 Å². The number of nitrogens with zero attached hydrogens (tertiary/aromatic N) is 3. The number of aryl methyl sites for hydroxylation is 1. The van der Waals surface area contributed by atoms with Crippen molar-refractivity contribution in [1.82, 2.24) is 14.0 Å². The Kier molecular flexibility index (Phi) is 6.54. The van der Waals surface area contributed by atoms with Gasteiger partial charge in [-0.1, -0.05) is 49.7 Å². The van der Waals surface area contributed by atoms with Crippen LogP contribution in [0.15, 0.2) is 83.8 Å². The van der Waals surface area contributed by atoms with Crippen LogP contribution in [0.5, 0.6) is 5.75 Å². The third-order valence-corrected chi connectivity index (χ3v) is 6.19. The zero-order chi connectivity index (χ0) is 25.1. The van der Waals surface area contributed by atoms with E-state index in [0.717, 1.165) is 29.7 Å². The Balaban J connectivity index is 1.55. The lowest BCUT2D eigenvalue weighted by Crippen LogP contribution is -2.18. The molecule has 3 heterocycles. The second kappa shape index (κ2) is 10.1. The molecule has 5 rings (SSSR count). The van der Waals surface area contributed by atoms with E-state index in [1.54, 1.807) is 12.3 Å². The second-order valence-electron chi connectivity index (χ2n) is 8.82. The number of carbonyl (C=O) groups is 1. The highest BCUT2D eigenvalue weighted by atomic mass is 16.5. The summed E-state index contributed by atoms with van der Waals surface area (Å²) in [7, 11) is 0. The molecule has 0 unspecified atom stereocenters. The maximum Gasteiger partial charge on any atom is 0.272 e. The van der Waals surface area contributed by atoms with Gasteiger partial charge in [-0.05, 0) is 60.9 Å². The Bertz CT molecular complexity index is 1590. The molecule has 2 aromatic carbocycles. The lowest BCUT2D eigenvalue weighted by Gasteiger charge is -2.12. The molecular weight excluding hydrogens is 452 g/mol. The number of rotatable bonds is 8. The Hall–Kier alpha value is -4.39. The lowest BCUT2D eigenvalue weighted by atomic mass is 10.2. The molecule has 0 radical (unpaired) electrons. The Morgan fingerprint density at radius 1 is 1.00 bits per heavy atom. The highest BCUT2D eigenvalue weighted by Crippen LogP contribution is 2.22. The molecule has 0 saturated heterocycles. The highest BCUT2D eigenvalue weighted by molar-refractivity contribution is 6.06. The third kappa shape index (κ3) is 4.60. The van der Waals surface area contributed by atoms with E-state index in [0.29, 0.717) is 41.2 Å². The number of nitrogens with one attached hydrogen (secondary N) is 1. The summed E-state index contributed by atoms with van der Waals surface area (Å²) in [6, 6.07) is 22.5. The molecule has 182 valence electrons. The molecule has 0 bridgehead atoms. The first kappa shape index (κ1) is 23.4. The zero-order valence-corrected chi connectivity index (χ0v) is 20.4. The molecule has 0 aliphatic heterocycles. The van der Waals surface area contributed by atoms with Crippen LogP contribution in [0.3, 0.4) is 0 Å². The molecule has 0 aliphatic rings. The van der Waals surface area contributed by atoms with Crippen molar-refractivity contribution in [1.29, 1.82) is 0 Å². The lowest BCUT2D eigenvalue weighted by molar-refractivity contribution is 0.101. The molecule has 5 aromatic rings. The minimum absolute atomic E-state index is 0.201. The van der Waals surface area contributed by atoms with Crippen LogP contribution >= 0.6 is 0 Å². The van der Waals surface area contributed by atoms with E-state index < -0.39 is 0 Å². The summed E-state index contributed by atoms with van der Waals surface area (Å²) in [5, 5.41) is 3.36. The average Bonchev–Trinajstić information content (AvgIpc) is 3.25. The summed E-state index contributed by atoms with van der Waals surface area (Å²) >= 11 is 0. The predicted molar refractivity (Wildman–Crippen MR) is 142 cm³/mol. The fourth-order valence-corrected chi connectivity index (χ4v) is 4.24. The molecule has 1 N–H and O–H groups in total. The van der Waals surface area contributed by atoms with Crippen molar-refractivity contribution in [3.63, 3.8) is 0 Å². The molecule has 0 atom stereocenters. The molecule has 0 aliphatic carbocycles. The number of unbranched alkanes of at least 4 members (excludes halogenated alkanes) is 1. The number of amides is 1. The van der Waals surface area contributed by atoms with E-state index in [2.05, 4.69) is 12.2 Å². The number of aromatic nitrogens is 3. The topological polar surface area (TPSA) is 77.6 Å². The molecule has 36 heavy (non-hydrogen) atoms. The summed E-state index contributed by atoms with van der Waals surface area (Å²) in [5.74, 6) is 0.452. The SMILES string of the molecule is CCCCOc1ccc(NC(=O)c2cc3c(=O)n4cccc(C)c4nc3n2Cc2ccccc2)cc1. The molecule has 7 nitrogen and oxygen atoms in total. The maximum atomic E-state index is 13.5. The summed E-state index contributed by atoms with van der Waals surface area (Å²) in [6.45, 7) is 5.11. The van der Waals surface area contributed by atoms with Crippen LogP contribution < -0.4 is 15.6 Å². The van der Waals surface area contributed by atoms with Crippen molar-refractivity contribution < 1.29 is 9.53 Å². The van der Waals surface area contributed by atoms with Crippen molar-refractivity contribution >= 4 is 28.3 Å². The van der Waals surface area contributed by atoms with Gasteiger partial charge in [-0.25, -0.2) is 4.98 Å². The quantitative estimate of drug-likeness (QED) is 0.300. The number of anilines is 1. The predicted octanol–water partition coefficient (Wildman–Crippen LogP) is 5.44. The first-order chi connectivity index (χ1) is 17.5. The van der Waals surface area contributed by atoms with Crippen molar-refractivity contribution in [2.24, 2.45) is 0 Å². The average molecular weight is 481 g/mol. The van der Waals surface area contributed by atoms with Gasteiger partial charge in [-0.15, -0.1) is 0 Å². The first-order valence-corrected chi connectivity index (χ1v) is 12.1. The van der Waals surface area contributed by atoms with Gasteiger partial charge < -0.3 is 14.6 Å². The Morgan fingerprint density at radius 3 is 2.53 bits per heavy atom. The van der Waals surface area contributed by atoms with E-state index >= 15 is 0 Å². The summed E-state index contributed by atoms with van der Waals surface area (Å²) in [5.41, 5.74) is 3.77. The van der Waals surface area contributed by atoms with Crippen LogP contribution in [0.4, 0.5) is 5.69 Å². The Labute approximate surface area is 209 Å². The van der Waals surface area contributed by atoms with Gasteiger partial charge >= 0.3 is 0 Å². The van der Waals surface area contributed by atoms with E-state index in [4.69, 9.17) is 9.72 Å². The van der Waals surface area contributed by atoms with Crippen LogP contribution in [0.25, 0.3) is 16.7 Å². The van der Waals surface area contributed by atoms with Crippen molar-refractivity contribution in [2.45, 2.75) is 33.2 Å². The van der Waals surface area contributed by atoms with E-state index in [1.165, 1.54) is 4.40 Å². The fourth-order valence-electron chi connectivity index (χ4n) is 4.24. The monoisotopic (exact) mass is 480 g/mol. The van der Waals surface area contributed by atoms with E-state index in [9.17, 15) is 9.59 Å². The van der Waals surface area contributed by atoms with E-state index in [-0.39, 0.29) is 11.5 Å². The summed E-state index contributed by atoms with van der Waals surface area (Å²) in [4.78, 5) is 31.6. The van der Waals surface area contributed by atoms with Gasteiger partial charge in [0.05, 0.1) is 12.0 Å². The molecule has 7 heteroatoms. The van der Waals surface area contributed by atoms with E-state index in [1.807, 2.05) is 78.2 Å². The van der Waals surface area contributed by atoms with Crippen molar-refractivity contribution in [3.05, 3.63) is 106 Å². The number of pyridine rings is 1. The third-order valence-electron chi connectivity index (χ3n) is 6.19. The molecule has 1 amide bonds. The molecule has 3 aromatic heterocycles. The van der Waals surface area contributed by atoms with Crippen LogP contribution in [0.1, 0.15) is 41.4 Å². The highest BCUT2D eigenvalue weighted by Gasteiger charge is 2.20. The molecule has 0 saturated carbocycles. The van der Waals surface area contributed by atoms with Crippen LogP contribution in [-0.4, -0.2) is 26.5 Å². The first-order valence-electron chi connectivity index (χ1n) is 12.1. The summed E-state index contributed by atoms with van der Waals surface area (Å²) < 4.78 is 9.06.